The molecule has 20 nitrogen and oxygen atoms in total. The Morgan fingerprint density at radius 3 is 1.43 bits per heavy atom. The molecule has 0 bridgehead atoms. The molecule has 0 aliphatic heterocycles. The summed E-state index contributed by atoms with van der Waals surface area (Å²) in [5.74, 6) is -7.49. The van der Waals surface area contributed by atoms with Crippen LogP contribution >= 0.6 is 23.5 Å². The lowest BCUT2D eigenvalue weighted by atomic mass is 10.0. The lowest BCUT2D eigenvalue weighted by molar-refractivity contribution is -0.141. The first-order chi connectivity index (χ1) is 32.5. The molecule has 3 rings (SSSR count). The summed E-state index contributed by atoms with van der Waals surface area (Å²) in [6.07, 6.45) is 2.24. The van der Waals surface area contributed by atoms with E-state index in [0.717, 1.165) is 5.56 Å². The van der Waals surface area contributed by atoms with Crippen molar-refractivity contribution in [2.75, 3.05) is 37.1 Å². The fourth-order valence-corrected chi connectivity index (χ4v) is 7.43. The van der Waals surface area contributed by atoms with Gasteiger partial charge in [-0.15, -0.1) is 0 Å². The predicted octanol–water partition coefficient (Wildman–Crippen LogP) is 0.628. The van der Waals surface area contributed by atoms with Gasteiger partial charge in [0.05, 0.1) is 19.4 Å². The average molecular weight is 982 g/mol. The Morgan fingerprint density at radius 2 is 0.941 bits per heavy atom. The molecule has 0 aliphatic rings. The van der Waals surface area contributed by atoms with Gasteiger partial charge in [-0.3, -0.25) is 43.2 Å². The molecule has 368 valence electrons. The Kier molecular flexibility index (Phi) is 24.3. The fraction of sp³-hybridized carbons (Fsp3) is 0.413. The molecule has 0 radical (unpaired) electrons. The molecule has 7 amide bonds. The average Bonchev–Trinajstić information content (AvgIpc) is 3.30. The van der Waals surface area contributed by atoms with E-state index in [4.69, 9.17) is 5.11 Å². The number of carbonyl (C=O) groups is 9. The quantitative estimate of drug-likeness (QED) is 0.0437. The minimum Gasteiger partial charge on any atom is -0.508 e. The van der Waals surface area contributed by atoms with Crippen molar-refractivity contribution in [3.8, 4) is 11.5 Å². The third-order valence-corrected chi connectivity index (χ3v) is 11.4. The van der Waals surface area contributed by atoms with Gasteiger partial charge in [0.25, 0.3) is 0 Å². The first kappa shape index (κ1) is 55.5. The van der Waals surface area contributed by atoms with Crippen molar-refractivity contribution in [3.63, 3.8) is 0 Å². The summed E-state index contributed by atoms with van der Waals surface area (Å²) in [7, 11) is 0. The Balaban J connectivity index is 1.76. The molecule has 0 heterocycles. The number of hydrogen-bond donors (Lipinski definition) is 11. The summed E-state index contributed by atoms with van der Waals surface area (Å²) in [6.45, 7) is -0.521. The van der Waals surface area contributed by atoms with Gasteiger partial charge in [0.2, 0.25) is 41.4 Å². The van der Waals surface area contributed by atoms with Crippen molar-refractivity contribution < 1.29 is 63.6 Å². The van der Waals surface area contributed by atoms with Gasteiger partial charge in [-0.2, -0.15) is 23.5 Å². The number of carboxylic acids is 2. The van der Waals surface area contributed by atoms with E-state index in [1.54, 1.807) is 12.5 Å². The monoisotopic (exact) mass is 981 g/mol. The van der Waals surface area contributed by atoms with Crippen LogP contribution in [0, 0.1) is 0 Å². The second-order valence-electron chi connectivity index (χ2n) is 15.5. The largest absolute Gasteiger partial charge is 0.508 e. The first-order valence-electron chi connectivity index (χ1n) is 21.5. The number of hydrogen-bond acceptors (Lipinski definition) is 13. The van der Waals surface area contributed by atoms with Crippen molar-refractivity contribution in [1.82, 2.24) is 37.2 Å². The highest BCUT2D eigenvalue weighted by molar-refractivity contribution is 7.98. The van der Waals surface area contributed by atoms with E-state index < -0.39 is 109 Å². The Bertz CT molecular complexity index is 2170. The van der Waals surface area contributed by atoms with Crippen molar-refractivity contribution in [1.29, 1.82) is 0 Å². The topological polar surface area (TPSA) is 319 Å². The third-order valence-electron chi connectivity index (χ3n) is 10.1. The zero-order chi connectivity index (χ0) is 50.0. The molecule has 3 aromatic rings. The summed E-state index contributed by atoms with van der Waals surface area (Å²) >= 11 is 2.73. The van der Waals surface area contributed by atoms with Crippen LogP contribution in [0.1, 0.15) is 48.8 Å². The molecule has 0 unspecified atom stereocenters. The Labute approximate surface area is 401 Å². The van der Waals surface area contributed by atoms with Crippen molar-refractivity contribution >= 4 is 76.8 Å². The zero-order valence-corrected chi connectivity index (χ0v) is 39.3. The fourth-order valence-electron chi connectivity index (χ4n) is 6.48. The highest BCUT2D eigenvalue weighted by Crippen LogP contribution is 2.14. The number of rotatable bonds is 30. The van der Waals surface area contributed by atoms with Gasteiger partial charge in [0.15, 0.2) is 0 Å². The molecule has 11 N–H and O–H groups in total. The van der Waals surface area contributed by atoms with Crippen molar-refractivity contribution in [2.45, 2.75) is 81.6 Å². The molecule has 0 saturated carbocycles. The van der Waals surface area contributed by atoms with Crippen LogP contribution in [0.3, 0.4) is 0 Å². The number of carbonyl (C=O) groups excluding carboxylic acids is 7. The number of nitrogens with one attached hydrogen (secondary N) is 7. The molecule has 0 saturated heterocycles. The molecule has 68 heavy (non-hydrogen) atoms. The van der Waals surface area contributed by atoms with E-state index in [0.29, 0.717) is 29.1 Å². The smallest absolute Gasteiger partial charge is 0.305 e. The van der Waals surface area contributed by atoms with Crippen LogP contribution in [0.5, 0.6) is 11.5 Å². The van der Waals surface area contributed by atoms with E-state index >= 15 is 0 Å². The van der Waals surface area contributed by atoms with Gasteiger partial charge < -0.3 is 57.6 Å². The molecule has 0 aliphatic carbocycles. The maximum Gasteiger partial charge on any atom is 0.305 e. The number of phenolic OH excluding ortho intramolecular Hbond substituents is 2. The number of aromatic hydroxyl groups is 2. The molecule has 0 spiro atoms. The Hall–Kier alpha value is -6.81. The van der Waals surface area contributed by atoms with Gasteiger partial charge >= 0.3 is 11.9 Å². The molecule has 5 atom stereocenters. The summed E-state index contributed by atoms with van der Waals surface area (Å²) in [5.41, 5.74) is 1.95. The predicted molar refractivity (Wildman–Crippen MR) is 255 cm³/mol. The molecule has 0 fully saturated rings. The molecular formula is C46H59N7O13S2. The van der Waals surface area contributed by atoms with Gasteiger partial charge in [-0.05, 0) is 84.2 Å². The maximum atomic E-state index is 14.0. The minimum absolute atomic E-state index is 0.0378. The van der Waals surface area contributed by atoms with Gasteiger partial charge in [0.1, 0.15) is 41.7 Å². The van der Waals surface area contributed by atoms with E-state index in [-0.39, 0.29) is 43.7 Å². The summed E-state index contributed by atoms with van der Waals surface area (Å²) in [4.78, 5) is 117. The second-order valence-corrected chi connectivity index (χ2v) is 17.4. The standard InChI is InChI=1S/C46H59N7O13S2/c1-67-22-19-33(51-45(65)35(49-38(56)16-17-40(58)59)24-29-8-12-31(54)13-9-29)42(62)48-27-39(57)50-36(25-30-10-14-32(55)15-11-30)46(66)52-34(20-23-68-2)44(64)53-37(26-41(60)61)43(63)47-21-18-28-6-4-3-5-7-28/h3-15,33-37,54-55H,16-27H2,1-2H3,(H,47,63)(H,48,62)(H,49,56)(H,50,57)(H,51,65)(H,52,66)(H,53,64)(H,58,59)(H,60,61)/t33-,34-,35-,36-,37-/m0/s1. The molecular weight excluding hydrogens is 923 g/mol. The van der Waals surface area contributed by atoms with Crippen molar-refractivity contribution in [2.24, 2.45) is 0 Å². The SMILES string of the molecule is CSCC[C@H](NC(=O)[C@H](Cc1ccc(O)cc1)NC(=O)CCC(=O)O)C(=O)NCC(=O)N[C@@H](Cc1ccc(O)cc1)C(=O)N[C@@H](CCSC)C(=O)N[C@@H](CC(=O)O)C(=O)NCCc1ccccc1. The van der Waals surface area contributed by atoms with E-state index in [1.807, 2.05) is 30.3 Å². The van der Waals surface area contributed by atoms with E-state index in [9.17, 15) is 58.5 Å². The normalized spacial score (nSPS) is 13.0. The van der Waals surface area contributed by atoms with Crippen LogP contribution in [0.15, 0.2) is 78.9 Å². The number of phenols is 2. The number of aliphatic carboxylic acids is 2. The number of amides is 7. The van der Waals surface area contributed by atoms with Gasteiger partial charge in [0, 0.05) is 25.8 Å². The number of carboxylic acid groups (broad SMARTS) is 2. The summed E-state index contributed by atoms with van der Waals surface area (Å²) in [5, 5.41) is 56.0. The Morgan fingerprint density at radius 1 is 0.485 bits per heavy atom. The maximum absolute atomic E-state index is 14.0. The van der Waals surface area contributed by atoms with Crippen molar-refractivity contribution in [3.05, 3.63) is 95.6 Å². The highest BCUT2D eigenvalue weighted by atomic mass is 32.2. The zero-order valence-electron chi connectivity index (χ0n) is 37.7. The first-order valence-corrected chi connectivity index (χ1v) is 24.3. The van der Waals surface area contributed by atoms with Crippen LogP contribution in [-0.4, -0.2) is 141 Å². The third kappa shape index (κ3) is 21.2. The number of thioether (sulfide) groups is 2. The van der Waals surface area contributed by atoms with Crippen LogP contribution < -0.4 is 37.2 Å². The lowest BCUT2D eigenvalue weighted by Gasteiger charge is -2.25. The molecule has 0 aromatic heterocycles. The van der Waals surface area contributed by atoms with E-state index in [2.05, 4.69) is 37.2 Å². The lowest BCUT2D eigenvalue weighted by Crippen LogP contribution is -2.58. The number of benzene rings is 3. The highest BCUT2D eigenvalue weighted by Gasteiger charge is 2.32. The van der Waals surface area contributed by atoms with Gasteiger partial charge in [-0.1, -0.05) is 54.6 Å². The van der Waals surface area contributed by atoms with Gasteiger partial charge in [-0.25, -0.2) is 0 Å². The summed E-state index contributed by atoms with van der Waals surface area (Å²) < 4.78 is 0. The van der Waals surface area contributed by atoms with E-state index in [1.165, 1.54) is 72.1 Å². The van der Waals surface area contributed by atoms with Crippen LogP contribution in [0.25, 0.3) is 0 Å². The minimum atomic E-state index is -1.49. The van der Waals surface area contributed by atoms with Crippen LogP contribution in [-0.2, 0) is 62.4 Å². The molecule has 3 aromatic carbocycles. The van der Waals surface area contributed by atoms with Crippen LogP contribution in [0.2, 0.25) is 0 Å². The van der Waals surface area contributed by atoms with Crippen LogP contribution in [0.4, 0.5) is 0 Å². The second kappa shape index (κ2) is 29.8. The molecule has 22 heteroatoms. The summed E-state index contributed by atoms with van der Waals surface area (Å²) in [6, 6.07) is 14.2.